The Kier molecular flexibility index (Phi) is 6.75. The molecule has 0 saturated heterocycles. The van der Waals surface area contributed by atoms with Gasteiger partial charge in [-0.25, -0.2) is 4.39 Å². The summed E-state index contributed by atoms with van der Waals surface area (Å²) in [6.07, 6.45) is 5.35. The zero-order valence-corrected chi connectivity index (χ0v) is 12.2. The number of nitrogens with one attached hydrogen (secondary N) is 1. The summed E-state index contributed by atoms with van der Waals surface area (Å²) in [4.78, 5) is 0. The molecule has 17 heavy (non-hydrogen) atoms. The molecule has 96 valence electrons. The zero-order valence-electron chi connectivity index (χ0n) is 10.6. The zero-order chi connectivity index (χ0) is 12.7. The number of hydrogen-bond donors (Lipinski definition) is 1. The summed E-state index contributed by atoms with van der Waals surface area (Å²) in [6.45, 7) is 2.19. The van der Waals surface area contributed by atoms with Crippen LogP contribution in [0.1, 0.15) is 38.2 Å². The Balaban J connectivity index is 2.39. The molecule has 1 N–H and O–H groups in total. The Labute approximate surface area is 112 Å². The van der Waals surface area contributed by atoms with Crippen molar-refractivity contribution in [2.45, 2.75) is 45.1 Å². The lowest BCUT2D eigenvalue weighted by Crippen LogP contribution is -2.24. The van der Waals surface area contributed by atoms with Crippen LogP contribution in [0.5, 0.6) is 0 Å². The molecule has 1 aromatic carbocycles. The molecule has 0 spiro atoms. The van der Waals surface area contributed by atoms with E-state index in [9.17, 15) is 4.39 Å². The van der Waals surface area contributed by atoms with E-state index in [1.165, 1.54) is 18.9 Å². The lowest BCUT2D eigenvalue weighted by Gasteiger charge is -2.14. The predicted octanol–water partition coefficient (Wildman–Crippen LogP) is 4.30. The molecule has 0 radical (unpaired) electrons. The number of hydrogen-bond acceptors (Lipinski definition) is 1. The van der Waals surface area contributed by atoms with Gasteiger partial charge in [0.05, 0.1) is 0 Å². The lowest BCUT2D eigenvalue weighted by atomic mass is 10.0. The van der Waals surface area contributed by atoms with Gasteiger partial charge in [0.2, 0.25) is 0 Å². The first-order valence-corrected chi connectivity index (χ1v) is 7.07. The molecule has 0 bridgehead atoms. The van der Waals surface area contributed by atoms with Gasteiger partial charge < -0.3 is 5.32 Å². The Bertz CT molecular complexity index is 341. The highest BCUT2D eigenvalue weighted by molar-refractivity contribution is 9.10. The number of aryl methyl sites for hydroxylation is 1. The summed E-state index contributed by atoms with van der Waals surface area (Å²) in [6, 6.07) is 5.88. The summed E-state index contributed by atoms with van der Waals surface area (Å²) in [5.41, 5.74) is 0.819. The molecule has 0 aliphatic carbocycles. The van der Waals surface area contributed by atoms with E-state index in [1.807, 2.05) is 19.2 Å². The Hall–Kier alpha value is -0.410. The SMILES string of the molecule is CCCC(CCCc1ccc(Br)cc1F)NC. The largest absolute Gasteiger partial charge is 0.317 e. The van der Waals surface area contributed by atoms with Gasteiger partial charge in [0.25, 0.3) is 0 Å². The average Bonchev–Trinajstić information content (AvgIpc) is 2.30. The third-order valence-electron chi connectivity index (χ3n) is 3.06. The highest BCUT2D eigenvalue weighted by atomic mass is 79.9. The Morgan fingerprint density at radius 2 is 2.12 bits per heavy atom. The molecule has 0 aliphatic rings. The Morgan fingerprint density at radius 3 is 2.71 bits per heavy atom. The normalized spacial score (nSPS) is 12.7. The highest BCUT2D eigenvalue weighted by Crippen LogP contribution is 2.17. The maximum absolute atomic E-state index is 13.6. The van der Waals surface area contributed by atoms with Crippen molar-refractivity contribution >= 4 is 15.9 Å². The molecule has 0 heterocycles. The van der Waals surface area contributed by atoms with Gasteiger partial charge in [-0.2, -0.15) is 0 Å². The highest BCUT2D eigenvalue weighted by Gasteiger charge is 2.06. The van der Waals surface area contributed by atoms with Crippen LogP contribution in [0.4, 0.5) is 4.39 Å². The molecule has 1 atom stereocenters. The van der Waals surface area contributed by atoms with E-state index in [0.717, 1.165) is 29.3 Å². The fourth-order valence-electron chi connectivity index (χ4n) is 2.04. The standard InChI is InChI=1S/C14H21BrFN/c1-3-5-13(17-2)7-4-6-11-8-9-12(15)10-14(11)16/h8-10,13,17H,3-7H2,1-2H3. The van der Waals surface area contributed by atoms with Crippen molar-refractivity contribution in [1.29, 1.82) is 0 Å². The monoisotopic (exact) mass is 301 g/mol. The van der Waals surface area contributed by atoms with Gasteiger partial charge in [-0.3, -0.25) is 0 Å². The van der Waals surface area contributed by atoms with Crippen LogP contribution in [0.25, 0.3) is 0 Å². The van der Waals surface area contributed by atoms with Crippen molar-refractivity contribution in [1.82, 2.24) is 5.32 Å². The predicted molar refractivity (Wildman–Crippen MR) is 74.8 cm³/mol. The molecular weight excluding hydrogens is 281 g/mol. The van der Waals surface area contributed by atoms with E-state index in [1.54, 1.807) is 0 Å². The fraction of sp³-hybridized carbons (Fsp3) is 0.571. The summed E-state index contributed by atoms with van der Waals surface area (Å²) < 4.78 is 14.4. The van der Waals surface area contributed by atoms with Crippen LogP contribution in [-0.2, 0) is 6.42 Å². The van der Waals surface area contributed by atoms with Crippen LogP contribution >= 0.6 is 15.9 Å². The molecule has 1 nitrogen and oxygen atoms in total. The van der Waals surface area contributed by atoms with E-state index < -0.39 is 0 Å². The summed E-state index contributed by atoms with van der Waals surface area (Å²) in [5, 5.41) is 3.31. The number of halogens is 2. The van der Waals surface area contributed by atoms with Crippen molar-refractivity contribution in [3.8, 4) is 0 Å². The van der Waals surface area contributed by atoms with Crippen molar-refractivity contribution in [2.75, 3.05) is 7.05 Å². The minimum Gasteiger partial charge on any atom is -0.317 e. The van der Waals surface area contributed by atoms with Gasteiger partial charge in [0.15, 0.2) is 0 Å². The van der Waals surface area contributed by atoms with Gasteiger partial charge in [0, 0.05) is 10.5 Å². The van der Waals surface area contributed by atoms with E-state index >= 15 is 0 Å². The minimum atomic E-state index is -0.101. The molecule has 1 rings (SSSR count). The molecule has 0 saturated carbocycles. The summed E-state index contributed by atoms with van der Waals surface area (Å²) in [7, 11) is 2.00. The van der Waals surface area contributed by atoms with Gasteiger partial charge >= 0.3 is 0 Å². The second kappa shape index (κ2) is 7.83. The van der Waals surface area contributed by atoms with E-state index in [2.05, 4.69) is 28.2 Å². The van der Waals surface area contributed by atoms with Gasteiger partial charge in [-0.15, -0.1) is 0 Å². The third kappa shape index (κ3) is 5.17. The van der Waals surface area contributed by atoms with E-state index in [4.69, 9.17) is 0 Å². The first kappa shape index (κ1) is 14.7. The molecule has 3 heteroatoms. The average molecular weight is 302 g/mol. The van der Waals surface area contributed by atoms with Crippen molar-refractivity contribution in [2.24, 2.45) is 0 Å². The maximum Gasteiger partial charge on any atom is 0.127 e. The second-order valence-electron chi connectivity index (χ2n) is 4.40. The molecule has 1 aromatic rings. The summed E-state index contributed by atoms with van der Waals surface area (Å²) in [5.74, 6) is -0.101. The first-order chi connectivity index (χ1) is 8.17. The minimum absolute atomic E-state index is 0.101. The van der Waals surface area contributed by atoms with Crippen LogP contribution in [0.15, 0.2) is 22.7 Å². The second-order valence-corrected chi connectivity index (χ2v) is 5.32. The van der Waals surface area contributed by atoms with Crippen molar-refractivity contribution < 1.29 is 4.39 Å². The van der Waals surface area contributed by atoms with Crippen LogP contribution in [0.3, 0.4) is 0 Å². The maximum atomic E-state index is 13.6. The molecule has 0 fully saturated rings. The third-order valence-corrected chi connectivity index (χ3v) is 3.55. The number of benzene rings is 1. The molecular formula is C14H21BrFN. The van der Waals surface area contributed by atoms with Gasteiger partial charge in [0.1, 0.15) is 5.82 Å². The fourth-order valence-corrected chi connectivity index (χ4v) is 2.38. The first-order valence-electron chi connectivity index (χ1n) is 6.28. The van der Waals surface area contributed by atoms with Gasteiger partial charge in [-0.1, -0.05) is 35.3 Å². The molecule has 0 aromatic heterocycles. The lowest BCUT2D eigenvalue weighted by molar-refractivity contribution is 0.467. The van der Waals surface area contributed by atoms with Crippen LogP contribution in [0.2, 0.25) is 0 Å². The van der Waals surface area contributed by atoms with Crippen LogP contribution in [-0.4, -0.2) is 13.1 Å². The number of rotatable bonds is 7. The van der Waals surface area contributed by atoms with Crippen molar-refractivity contribution in [3.05, 3.63) is 34.1 Å². The molecule has 0 aliphatic heterocycles. The molecule has 0 amide bonds. The van der Waals surface area contributed by atoms with E-state index in [0.29, 0.717) is 6.04 Å². The Morgan fingerprint density at radius 1 is 1.35 bits per heavy atom. The van der Waals surface area contributed by atoms with Crippen LogP contribution in [0, 0.1) is 5.82 Å². The van der Waals surface area contributed by atoms with E-state index in [-0.39, 0.29) is 5.82 Å². The van der Waals surface area contributed by atoms with Crippen LogP contribution < -0.4 is 5.32 Å². The quantitative estimate of drug-likeness (QED) is 0.792. The topological polar surface area (TPSA) is 12.0 Å². The van der Waals surface area contributed by atoms with Gasteiger partial charge in [-0.05, 0) is 50.4 Å². The smallest absolute Gasteiger partial charge is 0.127 e. The van der Waals surface area contributed by atoms with Crippen molar-refractivity contribution in [3.63, 3.8) is 0 Å². The molecule has 1 unspecified atom stereocenters. The summed E-state index contributed by atoms with van der Waals surface area (Å²) >= 11 is 3.27.